The van der Waals surface area contributed by atoms with Crippen molar-refractivity contribution in [3.63, 3.8) is 0 Å². The maximum absolute atomic E-state index is 14.1. The second-order valence-corrected chi connectivity index (χ2v) is 6.43. The number of hydrogen-bond donors (Lipinski definition) is 1. The molecule has 0 aliphatic heterocycles. The van der Waals surface area contributed by atoms with E-state index in [0.717, 1.165) is 24.2 Å². The van der Waals surface area contributed by atoms with Gasteiger partial charge in [-0.3, -0.25) is 0 Å². The van der Waals surface area contributed by atoms with Gasteiger partial charge in [0.25, 0.3) is 0 Å². The summed E-state index contributed by atoms with van der Waals surface area (Å²) >= 11 is 0. The molecular formula is C17H24FN3. The molecule has 2 unspecified atom stereocenters. The highest BCUT2D eigenvalue weighted by molar-refractivity contribution is 5.77. The summed E-state index contributed by atoms with van der Waals surface area (Å²) in [7, 11) is 0. The van der Waals surface area contributed by atoms with E-state index >= 15 is 0 Å². The molecule has 1 aromatic heterocycles. The molecule has 1 aromatic carbocycles. The van der Waals surface area contributed by atoms with Crippen LogP contribution in [0.15, 0.2) is 18.2 Å². The summed E-state index contributed by atoms with van der Waals surface area (Å²) in [5.74, 6) is 1.63. The minimum absolute atomic E-state index is 0.228. The topological polar surface area (TPSA) is 43.8 Å². The second-order valence-electron chi connectivity index (χ2n) is 6.43. The number of hydrogen-bond acceptors (Lipinski definition) is 2. The second kappa shape index (κ2) is 5.76. The first-order valence-electron chi connectivity index (χ1n) is 8.00. The van der Waals surface area contributed by atoms with Crippen LogP contribution >= 0.6 is 0 Å². The van der Waals surface area contributed by atoms with Crippen LogP contribution in [0.4, 0.5) is 4.39 Å². The molecule has 21 heavy (non-hydrogen) atoms. The molecule has 2 atom stereocenters. The van der Waals surface area contributed by atoms with Gasteiger partial charge in [-0.25, -0.2) is 9.37 Å². The highest BCUT2D eigenvalue weighted by atomic mass is 19.1. The van der Waals surface area contributed by atoms with E-state index in [0.29, 0.717) is 23.9 Å². The van der Waals surface area contributed by atoms with Crippen molar-refractivity contribution in [3.8, 4) is 0 Å². The molecular weight excluding hydrogens is 265 g/mol. The van der Waals surface area contributed by atoms with Crippen LogP contribution in [0.5, 0.6) is 0 Å². The molecule has 3 rings (SSSR count). The summed E-state index contributed by atoms with van der Waals surface area (Å²) in [4.78, 5) is 4.69. The lowest BCUT2D eigenvalue weighted by Crippen LogP contribution is -2.27. The van der Waals surface area contributed by atoms with Crippen molar-refractivity contribution in [2.45, 2.75) is 51.5 Å². The molecule has 114 valence electrons. The molecule has 2 aromatic rings. The predicted molar refractivity (Wildman–Crippen MR) is 83.8 cm³/mol. The predicted octanol–water partition coefficient (Wildman–Crippen LogP) is 3.99. The molecule has 1 heterocycles. The number of fused-ring (bicyclic) bond motifs is 1. The third-order valence-electron chi connectivity index (χ3n) is 4.76. The lowest BCUT2D eigenvalue weighted by atomic mass is 9.78. The van der Waals surface area contributed by atoms with Crippen molar-refractivity contribution in [1.29, 1.82) is 0 Å². The van der Waals surface area contributed by atoms with Crippen LogP contribution in [-0.2, 0) is 0 Å². The zero-order valence-electron chi connectivity index (χ0n) is 12.8. The largest absolute Gasteiger partial charge is 0.330 e. The van der Waals surface area contributed by atoms with Gasteiger partial charge in [0.1, 0.15) is 11.3 Å². The number of benzene rings is 1. The third-order valence-corrected chi connectivity index (χ3v) is 4.76. The van der Waals surface area contributed by atoms with Crippen LogP contribution < -0.4 is 5.73 Å². The molecule has 0 spiro atoms. The van der Waals surface area contributed by atoms with Gasteiger partial charge < -0.3 is 10.3 Å². The van der Waals surface area contributed by atoms with Crippen LogP contribution in [0.3, 0.4) is 0 Å². The Bertz CT molecular complexity index is 632. The summed E-state index contributed by atoms with van der Waals surface area (Å²) < 4.78 is 16.3. The first-order valence-corrected chi connectivity index (χ1v) is 8.00. The Kier molecular flexibility index (Phi) is 3.98. The Morgan fingerprint density at radius 3 is 2.81 bits per heavy atom. The van der Waals surface area contributed by atoms with Crippen molar-refractivity contribution >= 4 is 11.0 Å². The minimum atomic E-state index is -0.228. The van der Waals surface area contributed by atoms with E-state index in [1.807, 2.05) is 6.07 Å². The van der Waals surface area contributed by atoms with E-state index in [-0.39, 0.29) is 11.9 Å². The van der Waals surface area contributed by atoms with Crippen molar-refractivity contribution in [3.05, 3.63) is 29.8 Å². The average Bonchev–Trinajstić information content (AvgIpc) is 2.88. The lowest BCUT2D eigenvalue weighted by Gasteiger charge is -2.31. The highest BCUT2D eigenvalue weighted by Crippen LogP contribution is 2.39. The molecule has 4 heteroatoms. The van der Waals surface area contributed by atoms with Crippen LogP contribution in [0.2, 0.25) is 0 Å². The number of nitrogens with two attached hydrogens (primary N) is 1. The quantitative estimate of drug-likeness (QED) is 0.928. The summed E-state index contributed by atoms with van der Waals surface area (Å²) in [5, 5.41) is 0. The van der Waals surface area contributed by atoms with E-state index in [1.54, 1.807) is 6.07 Å². The molecule has 0 radical (unpaired) electrons. The fourth-order valence-electron chi connectivity index (χ4n) is 3.73. The SMILES string of the molecule is CC(C)n1c(C2CCCCC2CN)nc2c(F)cccc21. The van der Waals surface area contributed by atoms with Crippen molar-refractivity contribution < 1.29 is 4.39 Å². The van der Waals surface area contributed by atoms with Crippen LogP contribution in [0.1, 0.15) is 57.3 Å². The molecule has 2 N–H and O–H groups in total. The number of aromatic nitrogens is 2. The molecule has 1 fully saturated rings. The fraction of sp³-hybridized carbons (Fsp3) is 0.588. The van der Waals surface area contributed by atoms with Crippen LogP contribution in [0, 0.1) is 11.7 Å². The number of imidazole rings is 1. The van der Waals surface area contributed by atoms with E-state index in [4.69, 9.17) is 5.73 Å². The number of para-hydroxylation sites is 1. The van der Waals surface area contributed by atoms with E-state index in [2.05, 4.69) is 23.4 Å². The van der Waals surface area contributed by atoms with Gasteiger partial charge in [-0.05, 0) is 51.3 Å². The van der Waals surface area contributed by atoms with Crippen molar-refractivity contribution in [2.75, 3.05) is 6.54 Å². The molecule has 0 amide bonds. The minimum Gasteiger partial charge on any atom is -0.330 e. The van der Waals surface area contributed by atoms with Crippen LogP contribution in [-0.4, -0.2) is 16.1 Å². The Morgan fingerprint density at radius 2 is 2.10 bits per heavy atom. The van der Waals surface area contributed by atoms with E-state index < -0.39 is 0 Å². The van der Waals surface area contributed by atoms with Crippen molar-refractivity contribution in [1.82, 2.24) is 9.55 Å². The number of rotatable bonds is 3. The number of halogens is 1. The summed E-state index contributed by atoms with van der Waals surface area (Å²) in [6.45, 7) is 4.96. The zero-order chi connectivity index (χ0) is 15.0. The van der Waals surface area contributed by atoms with Gasteiger partial charge in [-0.15, -0.1) is 0 Å². The fourth-order valence-corrected chi connectivity index (χ4v) is 3.73. The van der Waals surface area contributed by atoms with Gasteiger partial charge in [-0.1, -0.05) is 18.9 Å². The lowest BCUT2D eigenvalue weighted by molar-refractivity contribution is 0.296. The Morgan fingerprint density at radius 1 is 1.33 bits per heavy atom. The summed E-state index contributed by atoms with van der Waals surface area (Å²) in [5.41, 5.74) is 7.38. The van der Waals surface area contributed by atoms with Gasteiger partial charge >= 0.3 is 0 Å². The molecule has 1 aliphatic rings. The Labute approximate surface area is 125 Å². The first-order chi connectivity index (χ1) is 10.1. The molecule has 3 nitrogen and oxygen atoms in total. The average molecular weight is 289 g/mol. The summed E-state index contributed by atoms with van der Waals surface area (Å²) in [6.07, 6.45) is 4.73. The van der Waals surface area contributed by atoms with E-state index in [9.17, 15) is 4.39 Å². The highest BCUT2D eigenvalue weighted by Gasteiger charge is 2.30. The Hall–Kier alpha value is -1.42. The number of nitrogens with zero attached hydrogens (tertiary/aromatic N) is 2. The van der Waals surface area contributed by atoms with Gasteiger partial charge in [0.2, 0.25) is 0 Å². The van der Waals surface area contributed by atoms with Gasteiger partial charge in [0.15, 0.2) is 5.82 Å². The van der Waals surface area contributed by atoms with Gasteiger partial charge in [0, 0.05) is 12.0 Å². The zero-order valence-corrected chi connectivity index (χ0v) is 12.8. The smallest absolute Gasteiger partial charge is 0.151 e. The molecule has 1 aliphatic carbocycles. The standard InChI is InChI=1S/C17H24FN3/c1-11(2)21-15-9-5-8-14(18)16(15)20-17(21)13-7-4-3-6-12(13)10-19/h5,8-9,11-13H,3-4,6-7,10,19H2,1-2H3. The first kappa shape index (κ1) is 14.5. The molecule has 0 bridgehead atoms. The van der Waals surface area contributed by atoms with E-state index in [1.165, 1.54) is 18.9 Å². The monoisotopic (exact) mass is 289 g/mol. The van der Waals surface area contributed by atoms with Crippen LogP contribution in [0.25, 0.3) is 11.0 Å². The maximum Gasteiger partial charge on any atom is 0.151 e. The van der Waals surface area contributed by atoms with Crippen molar-refractivity contribution in [2.24, 2.45) is 11.7 Å². The molecule has 0 saturated heterocycles. The maximum atomic E-state index is 14.1. The normalized spacial score (nSPS) is 23.1. The van der Waals surface area contributed by atoms with Gasteiger partial charge in [0.05, 0.1) is 5.52 Å². The molecule has 1 saturated carbocycles. The third kappa shape index (κ3) is 2.46. The summed E-state index contributed by atoms with van der Waals surface area (Å²) in [6, 6.07) is 5.50. The van der Waals surface area contributed by atoms with Gasteiger partial charge in [-0.2, -0.15) is 0 Å². The Balaban J connectivity index is 2.16.